The summed E-state index contributed by atoms with van der Waals surface area (Å²) in [4.78, 5) is 50.9. The van der Waals surface area contributed by atoms with Crippen molar-refractivity contribution in [2.24, 2.45) is 0 Å². The fraction of sp³-hybridized carbons (Fsp3) is 0.875. The summed E-state index contributed by atoms with van der Waals surface area (Å²) in [5.74, 6) is -0.0117. The summed E-state index contributed by atoms with van der Waals surface area (Å²) in [5, 5.41) is 5.98. The summed E-state index contributed by atoms with van der Waals surface area (Å²) in [6, 6.07) is 0. The Hall–Kier alpha value is -2.62. The molecule has 0 amide bonds. The lowest BCUT2D eigenvalue weighted by Gasteiger charge is -2.23. The number of ether oxygens (including phenoxy) is 3. The lowest BCUT2D eigenvalue weighted by atomic mass is 10.0. The Kier molecular flexibility index (Phi) is 35.5. The highest BCUT2D eigenvalue weighted by molar-refractivity contribution is 5.73. The van der Waals surface area contributed by atoms with Crippen molar-refractivity contribution in [2.45, 2.75) is 226 Å². The van der Waals surface area contributed by atoms with Crippen LogP contribution in [-0.4, -0.2) is 69.6 Å². The molecule has 2 N–H and O–H groups in total. The van der Waals surface area contributed by atoms with E-state index in [1.807, 2.05) is 0 Å². The molecule has 338 valence electrons. The summed E-state index contributed by atoms with van der Waals surface area (Å²) in [6.45, 7) is 11.1. The fourth-order valence-electron chi connectivity index (χ4n) is 7.62. The molecular formula is C48H89N3O7. The lowest BCUT2D eigenvalue weighted by molar-refractivity contribution is -0.150. The summed E-state index contributed by atoms with van der Waals surface area (Å²) in [6.07, 6.45) is 34.3. The van der Waals surface area contributed by atoms with E-state index in [2.05, 4.69) is 36.3 Å². The van der Waals surface area contributed by atoms with E-state index < -0.39 is 17.0 Å². The summed E-state index contributed by atoms with van der Waals surface area (Å²) < 4.78 is 16.5. The topological polar surface area (TPSA) is 123 Å². The number of rotatable bonds is 43. The van der Waals surface area contributed by atoms with Crippen molar-refractivity contribution >= 4 is 23.5 Å². The van der Waals surface area contributed by atoms with E-state index in [1.165, 1.54) is 89.9 Å². The van der Waals surface area contributed by atoms with Crippen LogP contribution in [0.3, 0.4) is 0 Å². The summed E-state index contributed by atoms with van der Waals surface area (Å²) in [5.41, 5.74) is -0.102. The van der Waals surface area contributed by atoms with Crippen LogP contribution in [0.25, 0.3) is 0 Å². The number of esters is 1. The van der Waals surface area contributed by atoms with Crippen LogP contribution in [0.4, 0.5) is 16.2 Å². The van der Waals surface area contributed by atoms with Gasteiger partial charge in [0.15, 0.2) is 0 Å². The van der Waals surface area contributed by atoms with Gasteiger partial charge in [-0.25, -0.2) is 4.79 Å². The first-order valence-corrected chi connectivity index (χ1v) is 24.3. The first kappa shape index (κ1) is 53.4. The zero-order valence-corrected chi connectivity index (χ0v) is 38.0. The van der Waals surface area contributed by atoms with Gasteiger partial charge in [0.2, 0.25) is 0 Å². The number of nitrogens with one attached hydrogen (secondary N) is 2. The molecule has 1 aromatic carbocycles. The first-order chi connectivity index (χ1) is 28.4. The van der Waals surface area contributed by atoms with Crippen molar-refractivity contribution in [1.29, 1.82) is 0 Å². The highest BCUT2D eigenvalue weighted by atomic mass is 16.7. The van der Waals surface area contributed by atoms with Gasteiger partial charge >= 0.3 is 12.1 Å². The quantitative estimate of drug-likeness (QED) is 0.0374. The number of anilines is 2. The minimum atomic E-state index is -0.551. The minimum Gasteiger partial charge on any atom is -0.462 e. The standard InChI is InChI=1S/C48H89N3O7/c1-5-8-11-14-18-25-33-42(34-26-19-15-12-9-6-2)58-43(52)35-27-20-17-21-28-37-51(39-32-36-50-45-44(49-4)46(53)47(45)54)38-29-22-24-31-41-57-48(55)56-40-30-23-16-13-10-7-3/h42,49-50H,5-41H2,1-4H3. The van der Waals surface area contributed by atoms with E-state index in [0.717, 1.165) is 122 Å². The predicted octanol–water partition coefficient (Wildman–Crippen LogP) is 12.3. The van der Waals surface area contributed by atoms with Crippen LogP contribution in [0, 0.1) is 0 Å². The molecule has 0 aromatic heterocycles. The predicted molar refractivity (Wildman–Crippen MR) is 243 cm³/mol. The second kappa shape index (κ2) is 38.6. The van der Waals surface area contributed by atoms with Gasteiger partial charge in [-0.05, 0) is 83.8 Å². The second-order valence-electron chi connectivity index (χ2n) is 16.7. The van der Waals surface area contributed by atoms with E-state index in [-0.39, 0.29) is 12.1 Å². The highest BCUT2D eigenvalue weighted by Crippen LogP contribution is 2.19. The van der Waals surface area contributed by atoms with Gasteiger partial charge in [0, 0.05) is 20.0 Å². The van der Waals surface area contributed by atoms with Crippen molar-refractivity contribution in [2.75, 3.05) is 57.1 Å². The number of carbonyl (C=O) groups excluding carboxylic acids is 2. The van der Waals surface area contributed by atoms with E-state index >= 15 is 0 Å². The molecular weight excluding hydrogens is 731 g/mol. The van der Waals surface area contributed by atoms with E-state index in [4.69, 9.17) is 14.2 Å². The Morgan fingerprint density at radius 3 is 1.43 bits per heavy atom. The van der Waals surface area contributed by atoms with Crippen LogP contribution in [0.1, 0.15) is 220 Å². The van der Waals surface area contributed by atoms with E-state index in [0.29, 0.717) is 37.6 Å². The Balaban J connectivity index is 2.37. The molecule has 0 saturated carbocycles. The maximum atomic E-state index is 12.8. The zero-order valence-electron chi connectivity index (χ0n) is 38.0. The molecule has 0 atom stereocenters. The van der Waals surface area contributed by atoms with Gasteiger partial charge in [-0.15, -0.1) is 0 Å². The van der Waals surface area contributed by atoms with Crippen LogP contribution < -0.4 is 21.5 Å². The number of hydrogen-bond donors (Lipinski definition) is 2. The molecule has 58 heavy (non-hydrogen) atoms. The fourth-order valence-corrected chi connectivity index (χ4v) is 7.62. The molecule has 1 rings (SSSR count). The molecule has 1 aromatic rings. The number of carbonyl (C=O) groups is 2. The number of nitrogens with zero attached hydrogens (tertiary/aromatic N) is 1. The Bertz CT molecular complexity index is 1170. The number of unbranched alkanes of at least 4 members (excludes halogenated alkanes) is 22. The van der Waals surface area contributed by atoms with Crippen LogP contribution in [-0.2, 0) is 19.0 Å². The monoisotopic (exact) mass is 820 g/mol. The Morgan fingerprint density at radius 1 is 0.517 bits per heavy atom. The molecule has 0 spiro atoms. The molecule has 10 nitrogen and oxygen atoms in total. The molecule has 0 unspecified atom stereocenters. The van der Waals surface area contributed by atoms with Gasteiger partial charge in [0.05, 0.1) is 13.2 Å². The van der Waals surface area contributed by atoms with Crippen LogP contribution >= 0.6 is 0 Å². The average molecular weight is 820 g/mol. The van der Waals surface area contributed by atoms with E-state index in [9.17, 15) is 19.2 Å². The third-order valence-corrected chi connectivity index (χ3v) is 11.3. The van der Waals surface area contributed by atoms with Crippen molar-refractivity contribution in [3.8, 4) is 0 Å². The van der Waals surface area contributed by atoms with Gasteiger partial charge in [-0.1, -0.05) is 149 Å². The lowest BCUT2D eigenvalue weighted by Crippen LogP contribution is -2.37. The van der Waals surface area contributed by atoms with Crippen LogP contribution in [0.2, 0.25) is 0 Å². The minimum absolute atomic E-state index is 0.0117. The molecule has 0 aliphatic heterocycles. The van der Waals surface area contributed by atoms with E-state index in [1.54, 1.807) is 7.05 Å². The molecule has 0 saturated heterocycles. The Labute approximate surface area is 354 Å². The molecule has 0 fully saturated rings. The molecule has 10 heteroatoms. The van der Waals surface area contributed by atoms with Crippen molar-refractivity contribution < 1.29 is 23.8 Å². The van der Waals surface area contributed by atoms with Gasteiger partial charge in [0.1, 0.15) is 17.5 Å². The first-order valence-electron chi connectivity index (χ1n) is 24.3. The maximum absolute atomic E-state index is 12.8. The smallest absolute Gasteiger partial charge is 0.462 e. The van der Waals surface area contributed by atoms with Gasteiger partial charge < -0.3 is 29.7 Å². The van der Waals surface area contributed by atoms with Crippen LogP contribution in [0.5, 0.6) is 0 Å². The van der Waals surface area contributed by atoms with Crippen molar-refractivity contribution in [1.82, 2.24) is 4.90 Å². The molecule has 0 radical (unpaired) electrons. The van der Waals surface area contributed by atoms with Gasteiger partial charge in [-0.3, -0.25) is 14.4 Å². The van der Waals surface area contributed by atoms with Crippen molar-refractivity contribution in [3.63, 3.8) is 0 Å². The molecule has 0 heterocycles. The highest BCUT2D eigenvalue weighted by Gasteiger charge is 2.19. The largest absolute Gasteiger partial charge is 0.508 e. The third-order valence-electron chi connectivity index (χ3n) is 11.3. The van der Waals surface area contributed by atoms with Crippen molar-refractivity contribution in [3.05, 3.63) is 20.4 Å². The Morgan fingerprint density at radius 2 is 0.931 bits per heavy atom. The SMILES string of the molecule is CCCCCCCCOC(=O)OCCCCCCN(CCCCCCCC(=O)OC(CCCCCCCC)CCCCCCCC)CCCNc1c(NC)c(=O)c1=O. The third kappa shape index (κ3) is 28.7. The van der Waals surface area contributed by atoms with Crippen LogP contribution in [0.15, 0.2) is 9.59 Å². The maximum Gasteiger partial charge on any atom is 0.508 e. The summed E-state index contributed by atoms with van der Waals surface area (Å²) in [7, 11) is 1.66. The zero-order chi connectivity index (χ0) is 42.3. The molecule has 0 bridgehead atoms. The summed E-state index contributed by atoms with van der Waals surface area (Å²) >= 11 is 0. The van der Waals surface area contributed by atoms with Gasteiger partial charge in [0.25, 0.3) is 10.9 Å². The number of hydrogen-bond acceptors (Lipinski definition) is 10. The second-order valence-corrected chi connectivity index (χ2v) is 16.7. The normalized spacial score (nSPS) is 11.5. The molecule has 0 aliphatic rings. The van der Waals surface area contributed by atoms with Gasteiger partial charge in [-0.2, -0.15) is 0 Å². The molecule has 0 aliphatic carbocycles. The average Bonchev–Trinajstić information content (AvgIpc) is 3.22.